The molecule has 0 bridgehead atoms. The van der Waals surface area contributed by atoms with Crippen molar-refractivity contribution in [2.45, 2.75) is 20.0 Å². The number of rotatable bonds is 5. The molecule has 0 atom stereocenters. The van der Waals surface area contributed by atoms with Gasteiger partial charge in [0.2, 0.25) is 0 Å². The third-order valence-corrected chi connectivity index (χ3v) is 3.32. The fourth-order valence-corrected chi connectivity index (χ4v) is 2.06. The van der Waals surface area contributed by atoms with Crippen molar-refractivity contribution in [3.63, 3.8) is 0 Å². The van der Waals surface area contributed by atoms with Gasteiger partial charge in [-0.25, -0.2) is 0 Å². The van der Waals surface area contributed by atoms with Crippen molar-refractivity contribution < 1.29 is 4.74 Å². The summed E-state index contributed by atoms with van der Waals surface area (Å²) in [5.41, 5.74) is 3.25. The number of nitrogens with zero attached hydrogens (tertiary/aromatic N) is 2. The van der Waals surface area contributed by atoms with E-state index in [4.69, 9.17) is 4.74 Å². The van der Waals surface area contributed by atoms with E-state index < -0.39 is 0 Å². The molecule has 22 heavy (non-hydrogen) atoms. The molecule has 0 unspecified atom stereocenters. The second-order valence-electron chi connectivity index (χ2n) is 4.90. The van der Waals surface area contributed by atoms with Crippen molar-refractivity contribution in [2.75, 3.05) is 14.2 Å². The fourth-order valence-electron chi connectivity index (χ4n) is 2.06. The lowest BCUT2D eigenvalue weighted by Crippen LogP contribution is -2.36. The molecule has 0 saturated carbocycles. The molecule has 0 fully saturated rings. The van der Waals surface area contributed by atoms with E-state index >= 15 is 0 Å². The molecule has 0 aliphatic heterocycles. The van der Waals surface area contributed by atoms with E-state index in [0.29, 0.717) is 13.1 Å². The quantitative estimate of drug-likeness (QED) is 0.657. The number of aryl methyl sites for hydroxylation is 1. The maximum atomic E-state index is 5.34. The van der Waals surface area contributed by atoms with Gasteiger partial charge in [-0.1, -0.05) is 18.2 Å². The van der Waals surface area contributed by atoms with Gasteiger partial charge in [0.05, 0.1) is 19.3 Å². The van der Waals surface area contributed by atoms with Gasteiger partial charge in [0.15, 0.2) is 5.96 Å². The molecule has 2 aromatic rings. The molecule has 0 amide bonds. The predicted molar refractivity (Wildman–Crippen MR) is 89.0 cm³/mol. The van der Waals surface area contributed by atoms with Crippen LogP contribution in [-0.4, -0.2) is 25.1 Å². The summed E-state index contributed by atoms with van der Waals surface area (Å²) in [6.07, 6.45) is 1.78. The van der Waals surface area contributed by atoms with Gasteiger partial charge in [-0.15, -0.1) is 0 Å². The Labute approximate surface area is 131 Å². The van der Waals surface area contributed by atoms with Crippen LogP contribution in [0.4, 0.5) is 0 Å². The normalized spacial score (nSPS) is 11.1. The Morgan fingerprint density at radius 2 is 2.00 bits per heavy atom. The molecule has 1 aromatic heterocycles. The Bertz CT molecular complexity index is 626. The first kappa shape index (κ1) is 15.8. The minimum atomic E-state index is 0.637. The highest BCUT2D eigenvalue weighted by Crippen LogP contribution is 2.18. The first-order valence-electron chi connectivity index (χ1n) is 7.21. The van der Waals surface area contributed by atoms with Gasteiger partial charge >= 0.3 is 0 Å². The fraction of sp³-hybridized carbons (Fsp3) is 0.294. The molecule has 0 aliphatic carbocycles. The highest BCUT2D eigenvalue weighted by molar-refractivity contribution is 5.79. The molecule has 2 N–H and O–H groups in total. The van der Waals surface area contributed by atoms with Crippen LogP contribution in [0.3, 0.4) is 0 Å². The number of nitrogens with one attached hydrogen (secondary N) is 2. The predicted octanol–water partition coefficient (Wildman–Crippen LogP) is 2.26. The smallest absolute Gasteiger partial charge is 0.191 e. The van der Waals surface area contributed by atoms with Gasteiger partial charge in [0.1, 0.15) is 5.75 Å². The summed E-state index contributed by atoms with van der Waals surface area (Å²) in [5.74, 6) is 1.64. The van der Waals surface area contributed by atoms with E-state index in [1.165, 1.54) is 0 Å². The van der Waals surface area contributed by atoms with Crippen molar-refractivity contribution in [3.8, 4) is 5.75 Å². The first-order chi connectivity index (χ1) is 10.7. The first-order valence-corrected chi connectivity index (χ1v) is 7.21. The minimum absolute atomic E-state index is 0.637. The molecule has 116 valence electrons. The van der Waals surface area contributed by atoms with E-state index in [0.717, 1.165) is 28.5 Å². The van der Waals surface area contributed by atoms with Gasteiger partial charge in [-0.3, -0.25) is 9.98 Å². The number of guanidine groups is 1. The lowest BCUT2D eigenvalue weighted by molar-refractivity contribution is 0.411. The number of benzene rings is 1. The highest BCUT2D eigenvalue weighted by atomic mass is 16.5. The Balaban J connectivity index is 1.88. The third-order valence-electron chi connectivity index (χ3n) is 3.32. The van der Waals surface area contributed by atoms with Crippen LogP contribution in [0.15, 0.2) is 47.6 Å². The SMILES string of the molecule is CN=C(NCc1ccc(C)c(OC)c1)NCc1ccccn1. The summed E-state index contributed by atoms with van der Waals surface area (Å²) in [4.78, 5) is 8.49. The average Bonchev–Trinajstić information content (AvgIpc) is 2.57. The third kappa shape index (κ3) is 4.48. The van der Waals surface area contributed by atoms with Gasteiger partial charge in [0, 0.05) is 19.8 Å². The van der Waals surface area contributed by atoms with Crippen LogP contribution in [0.2, 0.25) is 0 Å². The highest BCUT2D eigenvalue weighted by Gasteiger charge is 2.02. The number of pyridine rings is 1. The molecule has 5 heteroatoms. The summed E-state index contributed by atoms with van der Waals surface area (Å²) in [6.45, 7) is 3.35. The molecule has 5 nitrogen and oxygen atoms in total. The standard InChI is InChI=1S/C17H22N4O/c1-13-7-8-14(10-16(13)22-3)11-20-17(18-2)21-12-15-6-4-5-9-19-15/h4-10H,11-12H2,1-3H3,(H2,18,20,21). The number of hydrogen-bond acceptors (Lipinski definition) is 3. The van der Waals surface area contributed by atoms with E-state index in [1.54, 1.807) is 20.4 Å². The molecular weight excluding hydrogens is 276 g/mol. The van der Waals surface area contributed by atoms with E-state index in [9.17, 15) is 0 Å². The molecule has 1 heterocycles. The van der Waals surface area contributed by atoms with E-state index in [-0.39, 0.29) is 0 Å². The summed E-state index contributed by atoms with van der Waals surface area (Å²) < 4.78 is 5.34. The van der Waals surface area contributed by atoms with Crippen molar-refractivity contribution >= 4 is 5.96 Å². The molecule has 0 aliphatic rings. The maximum Gasteiger partial charge on any atom is 0.191 e. The number of hydrogen-bond donors (Lipinski definition) is 2. The monoisotopic (exact) mass is 298 g/mol. The van der Waals surface area contributed by atoms with E-state index in [2.05, 4.69) is 32.7 Å². The Morgan fingerprint density at radius 3 is 2.68 bits per heavy atom. The molecule has 0 radical (unpaired) electrons. The zero-order valence-corrected chi connectivity index (χ0v) is 13.3. The second-order valence-corrected chi connectivity index (χ2v) is 4.90. The summed E-state index contributed by atoms with van der Waals surface area (Å²) in [5, 5.41) is 6.52. The second kappa shape index (κ2) is 8.02. The van der Waals surface area contributed by atoms with Crippen LogP contribution in [0, 0.1) is 6.92 Å². The van der Waals surface area contributed by atoms with Crippen LogP contribution in [-0.2, 0) is 13.1 Å². The number of methoxy groups -OCH3 is 1. The van der Waals surface area contributed by atoms with Crippen LogP contribution in [0.25, 0.3) is 0 Å². The molecule has 2 rings (SSSR count). The average molecular weight is 298 g/mol. The zero-order valence-electron chi connectivity index (χ0n) is 13.3. The van der Waals surface area contributed by atoms with Crippen molar-refractivity contribution in [1.29, 1.82) is 0 Å². The molecule has 1 aromatic carbocycles. The van der Waals surface area contributed by atoms with Crippen molar-refractivity contribution in [1.82, 2.24) is 15.6 Å². The van der Waals surface area contributed by atoms with Gasteiger partial charge < -0.3 is 15.4 Å². The molecule has 0 saturated heterocycles. The van der Waals surface area contributed by atoms with Gasteiger partial charge in [0.25, 0.3) is 0 Å². The topological polar surface area (TPSA) is 58.5 Å². The van der Waals surface area contributed by atoms with Crippen LogP contribution >= 0.6 is 0 Å². The van der Waals surface area contributed by atoms with Crippen LogP contribution < -0.4 is 15.4 Å². The van der Waals surface area contributed by atoms with Gasteiger partial charge in [-0.2, -0.15) is 0 Å². The Hall–Kier alpha value is -2.56. The Kier molecular flexibility index (Phi) is 5.77. The van der Waals surface area contributed by atoms with Crippen LogP contribution in [0.5, 0.6) is 5.75 Å². The summed E-state index contributed by atoms with van der Waals surface area (Å²) >= 11 is 0. The van der Waals surface area contributed by atoms with Crippen molar-refractivity contribution in [3.05, 3.63) is 59.4 Å². The lowest BCUT2D eigenvalue weighted by Gasteiger charge is -2.13. The minimum Gasteiger partial charge on any atom is -0.496 e. The van der Waals surface area contributed by atoms with E-state index in [1.807, 2.05) is 31.2 Å². The summed E-state index contributed by atoms with van der Waals surface area (Å²) in [6, 6.07) is 12.0. The Morgan fingerprint density at radius 1 is 1.18 bits per heavy atom. The maximum absolute atomic E-state index is 5.34. The van der Waals surface area contributed by atoms with Crippen molar-refractivity contribution in [2.24, 2.45) is 4.99 Å². The number of ether oxygens (including phenoxy) is 1. The number of aromatic nitrogens is 1. The molecule has 0 spiro atoms. The largest absolute Gasteiger partial charge is 0.496 e. The lowest BCUT2D eigenvalue weighted by atomic mass is 10.1. The zero-order chi connectivity index (χ0) is 15.8. The summed E-state index contributed by atoms with van der Waals surface area (Å²) in [7, 11) is 3.44. The number of aliphatic imine (C=N–C) groups is 1. The van der Waals surface area contributed by atoms with Crippen LogP contribution in [0.1, 0.15) is 16.8 Å². The van der Waals surface area contributed by atoms with Gasteiger partial charge in [-0.05, 0) is 36.2 Å². The molecular formula is C17H22N4O.